The Morgan fingerprint density at radius 3 is 2.38 bits per heavy atom. The van der Waals surface area contributed by atoms with Crippen molar-refractivity contribution in [3.05, 3.63) is 93.5 Å². The first-order valence-corrected chi connectivity index (χ1v) is 10.4. The van der Waals surface area contributed by atoms with Gasteiger partial charge in [-0.05, 0) is 54.4 Å². The van der Waals surface area contributed by atoms with E-state index in [4.69, 9.17) is 16.3 Å². The predicted molar refractivity (Wildman–Crippen MR) is 122 cm³/mol. The normalized spacial score (nSPS) is 17.3. The summed E-state index contributed by atoms with van der Waals surface area (Å²) in [7, 11) is 1.32. The number of aliphatic hydroxyl groups is 1. The largest absolute Gasteiger partial charge is 0.508 e. The second kappa shape index (κ2) is 8.79. The monoisotopic (exact) mass is 485 g/mol. The fraction of sp³-hybridized carbons (Fsp3) is 0.120. The topological polar surface area (TPSA) is 87.1 Å². The quantitative estimate of drug-likeness (QED) is 0.299. The molecule has 9 heteroatoms. The molecule has 34 heavy (non-hydrogen) atoms. The zero-order chi connectivity index (χ0) is 24.7. The lowest BCUT2D eigenvalue weighted by atomic mass is 9.94. The fourth-order valence-corrected chi connectivity index (χ4v) is 4.33. The number of anilines is 1. The first-order chi connectivity index (χ1) is 16.1. The molecule has 2 N–H and O–H groups in total. The SMILES string of the molecule is COc1c(Cl)cc(C)cc1/C(O)=C1\C(=O)C(=O)N(c2cc(F)ccc2F)C1c1ccc(O)cc1. The highest BCUT2D eigenvalue weighted by Crippen LogP contribution is 2.45. The van der Waals surface area contributed by atoms with Gasteiger partial charge in [0.15, 0.2) is 0 Å². The minimum Gasteiger partial charge on any atom is -0.508 e. The summed E-state index contributed by atoms with van der Waals surface area (Å²) >= 11 is 6.24. The Bertz CT molecular complexity index is 1350. The Hall–Kier alpha value is -3.91. The molecule has 0 saturated carbocycles. The van der Waals surface area contributed by atoms with Crippen LogP contribution >= 0.6 is 11.6 Å². The van der Waals surface area contributed by atoms with Crippen LogP contribution < -0.4 is 9.64 Å². The molecular formula is C25H18ClF2NO5. The van der Waals surface area contributed by atoms with Gasteiger partial charge >= 0.3 is 0 Å². The summed E-state index contributed by atoms with van der Waals surface area (Å²) in [6, 6.07) is 9.71. The van der Waals surface area contributed by atoms with Crippen molar-refractivity contribution >= 4 is 34.7 Å². The highest BCUT2D eigenvalue weighted by Gasteiger charge is 2.48. The molecule has 3 aromatic rings. The average molecular weight is 486 g/mol. The van der Waals surface area contributed by atoms with E-state index in [-0.39, 0.29) is 33.2 Å². The van der Waals surface area contributed by atoms with Gasteiger partial charge in [-0.2, -0.15) is 0 Å². The minimum absolute atomic E-state index is 0.0500. The zero-order valence-corrected chi connectivity index (χ0v) is 18.7. The van der Waals surface area contributed by atoms with Crippen LogP contribution in [0.2, 0.25) is 5.02 Å². The molecule has 3 aromatic carbocycles. The third-order valence-corrected chi connectivity index (χ3v) is 5.75. The number of Topliss-reactive ketones (excluding diaryl/α,β-unsaturated/α-hetero) is 1. The van der Waals surface area contributed by atoms with Gasteiger partial charge in [-0.1, -0.05) is 23.7 Å². The minimum atomic E-state index is -1.33. The second-order valence-corrected chi connectivity index (χ2v) is 8.09. The van der Waals surface area contributed by atoms with Crippen LogP contribution in [-0.4, -0.2) is 29.0 Å². The van der Waals surface area contributed by atoms with E-state index in [0.29, 0.717) is 5.56 Å². The number of halogens is 3. The molecule has 1 aliphatic heterocycles. The van der Waals surface area contributed by atoms with Crippen molar-refractivity contribution < 1.29 is 33.3 Å². The molecule has 1 unspecified atom stereocenters. The number of amides is 1. The van der Waals surface area contributed by atoms with Crippen LogP contribution in [0.5, 0.6) is 11.5 Å². The van der Waals surface area contributed by atoms with Crippen molar-refractivity contribution in [3.8, 4) is 11.5 Å². The molecule has 1 atom stereocenters. The molecule has 174 valence electrons. The standard InChI is InChI=1S/C25H18ClF2NO5/c1-12-9-16(24(34-2)17(26)10-12)22(31)20-21(13-3-6-15(30)7-4-13)29(25(33)23(20)32)19-11-14(27)5-8-18(19)28/h3-11,21,30-31H,1-2H3/b22-20+. The Morgan fingerprint density at radius 2 is 1.74 bits per heavy atom. The predicted octanol–water partition coefficient (Wildman–Crippen LogP) is 5.27. The Balaban J connectivity index is 2.04. The van der Waals surface area contributed by atoms with Crippen LogP contribution in [0.3, 0.4) is 0 Å². The first-order valence-electron chi connectivity index (χ1n) is 10.0. The van der Waals surface area contributed by atoms with Crippen LogP contribution in [0.25, 0.3) is 5.76 Å². The maximum Gasteiger partial charge on any atom is 0.300 e. The molecule has 1 fully saturated rings. The van der Waals surface area contributed by atoms with Crippen LogP contribution in [0.1, 0.15) is 22.7 Å². The number of ether oxygens (including phenoxy) is 1. The number of carbonyl (C=O) groups is 2. The van der Waals surface area contributed by atoms with E-state index >= 15 is 0 Å². The molecular weight excluding hydrogens is 468 g/mol. The maximum atomic E-state index is 14.7. The third kappa shape index (κ3) is 3.86. The number of carbonyl (C=O) groups excluding carboxylic acids is 2. The van der Waals surface area contributed by atoms with Crippen LogP contribution in [0.4, 0.5) is 14.5 Å². The van der Waals surface area contributed by atoms with Gasteiger partial charge in [0.1, 0.15) is 28.9 Å². The fourth-order valence-electron chi connectivity index (χ4n) is 3.98. The van der Waals surface area contributed by atoms with Gasteiger partial charge in [-0.3, -0.25) is 14.5 Å². The Labute approximate surface area is 198 Å². The van der Waals surface area contributed by atoms with E-state index in [0.717, 1.165) is 23.1 Å². The maximum absolute atomic E-state index is 14.7. The third-order valence-electron chi connectivity index (χ3n) is 5.47. The van der Waals surface area contributed by atoms with Crippen molar-refractivity contribution in [2.24, 2.45) is 0 Å². The van der Waals surface area contributed by atoms with Crippen LogP contribution in [-0.2, 0) is 9.59 Å². The lowest BCUT2D eigenvalue weighted by Crippen LogP contribution is -2.30. The molecule has 1 saturated heterocycles. The molecule has 1 aliphatic rings. The summed E-state index contributed by atoms with van der Waals surface area (Å²) in [4.78, 5) is 27.0. The smallest absolute Gasteiger partial charge is 0.300 e. The van der Waals surface area contributed by atoms with E-state index in [1.165, 1.54) is 37.4 Å². The number of nitrogens with zero attached hydrogens (tertiary/aromatic N) is 1. The van der Waals surface area contributed by atoms with E-state index in [1.807, 2.05) is 0 Å². The van der Waals surface area contributed by atoms with Crippen molar-refractivity contribution in [1.82, 2.24) is 0 Å². The van der Waals surface area contributed by atoms with Crippen molar-refractivity contribution in [3.63, 3.8) is 0 Å². The van der Waals surface area contributed by atoms with E-state index in [1.54, 1.807) is 13.0 Å². The molecule has 1 heterocycles. The van der Waals surface area contributed by atoms with E-state index < -0.39 is 40.8 Å². The van der Waals surface area contributed by atoms with E-state index in [9.17, 15) is 28.6 Å². The molecule has 6 nitrogen and oxygen atoms in total. The summed E-state index contributed by atoms with van der Waals surface area (Å²) in [6.45, 7) is 1.71. The van der Waals surface area contributed by atoms with Gasteiger partial charge in [0.2, 0.25) is 0 Å². The van der Waals surface area contributed by atoms with Gasteiger partial charge in [0.05, 0.1) is 35.0 Å². The molecule has 0 aromatic heterocycles. The number of benzene rings is 3. The van der Waals surface area contributed by atoms with Crippen molar-refractivity contribution in [1.29, 1.82) is 0 Å². The summed E-state index contributed by atoms with van der Waals surface area (Å²) in [6.07, 6.45) is 0. The highest BCUT2D eigenvalue weighted by atomic mass is 35.5. The number of phenolic OH excluding ortho intramolecular Hbond substituents is 1. The van der Waals surface area contributed by atoms with Crippen LogP contribution in [0.15, 0.2) is 60.2 Å². The van der Waals surface area contributed by atoms with Gasteiger partial charge in [0.25, 0.3) is 11.7 Å². The van der Waals surface area contributed by atoms with E-state index in [2.05, 4.69) is 0 Å². The Kier molecular flexibility index (Phi) is 6.01. The lowest BCUT2D eigenvalue weighted by Gasteiger charge is -2.26. The summed E-state index contributed by atoms with van der Waals surface area (Å²) < 4.78 is 34.0. The van der Waals surface area contributed by atoms with Gasteiger partial charge in [-0.25, -0.2) is 8.78 Å². The number of aryl methyl sites for hydroxylation is 1. The number of hydrogen-bond donors (Lipinski definition) is 2. The van der Waals surface area contributed by atoms with Crippen molar-refractivity contribution in [2.75, 3.05) is 12.0 Å². The molecule has 0 aliphatic carbocycles. The van der Waals surface area contributed by atoms with Crippen molar-refractivity contribution in [2.45, 2.75) is 13.0 Å². The summed E-state index contributed by atoms with van der Waals surface area (Å²) in [5, 5.41) is 21.1. The number of phenols is 1. The summed E-state index contributed by atoms with van der Waals surface area (Å²) in [5.74, 6) is -4.67. The van der Waals surface area contributed by atoms with Gasteiger partial charge < -0.3 is 14.9 Å². The molecule has 0 bridgehead atoms. The molecule has 1 amide bonds. The van der Waals surface area contributed by atoms with Gasteiger partial charge in [0, 0.05) is 6.07 Å². The summed E-state index contributed by atoms with van der Waals surface area (Å²) in [5.41, 5.74) is 0.0978. The van der Waals surface area contributed by atoms with Crippen LogP contribution in [0, 0.1) is 18.6 Å². The number of methoxy groups -OCH3 is 1. The lowest BCUT2D eigenvalue weighted by molar-refractivity contribution is -0.132. The first kappa shape index (κ1) is 23.3. The molecule has 4 rings (SSSR count). The number of rotatable bonds is 4. The number of hydrogen-bond acceptors (Lipinski definition) is 5. The second-order valence-electron chi connectivity index (χ2n) is 7.68. The number of ketones is 1. The number of aliphatic hydroxyl groups excluding tert-OH is 1. The zero-order valence-electron chi connectivity index (χ0n) is 18.0. The molecule has 0 radical (unpaired) electrons. The Morgan fingerprint density at radius 1 is 1.06 bits per heavy atom. The van der Waals surface area contributed by atoms with Gasteiger partial charge in [-0.15, -0.1) is 0 Å². The highest BCUT2D eigenvalue weighted by molar-refractivity contribution is 6.51. The molecule has 0 spiro atoms. The number of aromatic hydroxyl groups is 1. The average Bonchev–Trinajstić information content (AvgIpc) is 3.05.